The van der Waals surface area contributed by atoms with E-state index in [0.717, 1.165) is 0 Å². The normalized spacial score (nSPS) is 14.8. The van der Waals surface area contributed by atoms with Gasteiger partial charge in [0.15, 0.2) is 0 Å². The van der Waals surface area contributed by atoms with Gasteiger partial charge >= 0.3 is 0 Å². The van der Waals surface area contributed by atoms with Crippen molar-refractivity contribution >= 4 is 34.0 Å². The number of aliphatic hydroxyl groups is 1. The zero-order chi connectivity index (χ0) is 13.7. The maximum Gasteiger partial charge on any atom is 0.0783 e. The first-order valence-corrected chi connectivity index (χ1v) is 7.72. The molecule has 2 N–H and O–H groups in total. The molecule has 0 aliphatic heterocycles. The Hall–Kier alpha value is -0.130. The van der Waals surface area contributed by atoms with Gasteiger partial charge in [-0.2, -0.15) is 0 Å². The number of aliphatic hydroxyl groups excluding tert-OH is 1. The number of rotatable bonds is 6. The molecule has 0 radical (unpaired) electrons. The Kier molecular flexibility index (Phi) is 6.60. The molecule has 2 atom stereocenters. The summed E-state index contributed by atoms with van der Waals surface area (Å²) in [7, 11) is -1.36. The lowest BCUT2D eigenvalue weighted by molar-refractivity contribution is 0.191. The molecular formula is C12H17Cl2NO2S. The molecule has 3 nitrogen and oxygen atoms in total. The van der Waals surface area contributed by atoms with Crippen molar-refractivity contribution in [3.8, 4) is 0 Å². The first kappa shape index (κ1) is 15.9. The predicted molar refractivity (Wildman–Crippen MR) is 76.9 cm³/mol. The highest BCUT2D eigenvalue weighted by atomic mass is 35.5. The van der Waals surface area contributed by atoms with E-state index < -0.39 is 16.9 Å². The van der Waals surface area contributed by atoms with Crippen molar-refractivity contribution in [1.82, 2.24) is 5.32 Å². The van der Waals surface area contributed by atoms with Crippen LogP contribution in [0.3, 0.4) is 0 Å². The van der Waals surface area contributed by atoms with Crippen molar-refractivity contribution in [2.24, 2.45) is 0 Å². The van der Waals surface area contributed by atoms with E-state index in [0.29, 0.717) is 21.5 Å². The van der Waals surface area contributed by atoms with Gasteiger partial charge in [-0.1, -0.05) is 37.0 Å². The summed E-state index contributed by atoms with van der Waals surface area (Å²) >= 11 is 11.8. The van der Waals surface area contributed by atoms with Crippen molar-refractivity contribution < 1.29 is 9.32 Å². The van der Waals surface area contributed by atoms with Crippen LogP contribution in [0.25, 0.3) is 0 Å². The lowest BCUT2D eigenvalue weighted by Gasteiger charge is -2.14. The monoisotopic (exact) mass is 309 g/mol. The fourth-order valence-electron chi connectivity index (χ4n) is 1.35. The molecule has 1 aromatic carbocycles. The first-order valence-electron chi connectivity index (χ1n) is 5.65. The third-order valence-electron chi connectivity index (χ3n) is 2.24. The van der Waals surface area contributed by atoms with E-state index in [1.54, 1.807) is 18.2 Å². The molecule has 1 rings (SSSR count). The maximum atomic E-state index is 12.1. The van der Waals surface area contributed by atoms with Crippen molar-refractivity contribution in [3.63, 3.8) is 0 Å². The second kappa shape index (κ2) is 7.46. The summed E-state index contributed by atoms with van der Waals surface area (Å²) in [5, 5.41) is 13.7. The van der Waals surface area contributed by atoms with Crippen LogP contribution in [0, 0.1) is 0 Å². The summed E-state index contributed by atoms with van der Waals surface area (Å²) in [6.07, 6.45) is -0.678. The summed E-state index contributed by atoms with van der Waals surface area (Å²) in [5.41, 5.74) is 0. The van der Waals surface area contributed by atoms with Crippen molar-refractivity contribution in [2.75, 3.05) is 12.3 Å². The third kappa shape index (κ3) is 5.24. The summed E-state index contributed by atoms with van der Waals surface area (Å²) < 4.78 is 12.1. The average Bonchev–Trinajstić information content (AvgIpc) is 2.29. The van der Waals surface area contributed by atoms with Crippen molar-refractivity contribution in [3.05, 3.63) is 28.2 Å². The molecule has 0 heterocycles. The van der Waals surface area contributed by atoms with Crippen LogP contribution in [0.5, 0.6) is 0 Å². The van der Waals surface area contributed by atoms with Crippen LogP contribution in [-0.2, 0) is 10.8 Å². The van der Waals surface area contributed by atoms with Crippen LogP contribution in [0.4, 0.5) is 0 Å². The fraction of sp³-hybridized carbons (Fsp3) is 0.500. The number of halogens is 2. The molecule has 0 aliphatic rings. The van der Waals surface area contributed by atoms with Crippen LogP contribution in [-0.4, -0.2) is 33.8 Å². The Morgan fingerprint density at radius 3 is 2.67 bits per heavy atom. The quantitative estimate of drug-likeness (QED) is 0.848. The molecule has 102 valence electrons. The third-order valence-corrected chi connectivity index (χ3v) is 4.44. The highest BCUT2D eigenvalue weighted by Gasteiger charge is 2.14. The minimum atomic E-state index is -1.36. The molecule has 1 aromatic rings. The van der Waals surface area contributed by atoms with E-state index >= 15 is 0 Å². The van der Waals surface area contributed by atoms with Gasteiger partial charge in [-0.15, -0.1) is 0 Å². The van der Waals surface area contributed by atoms with Gasteiger partial charge in [0, 0.05) is 17.6 Å². The zero-order valence-corrected chi connectivity index (χ0v) is 12.6. The number of hydrogen-bond donors (Lipinski definition) is 2. The standard InChI is InChI=1S/C12H17Cl2NO2S/c1-8(2)15-6-10(16)7-18(17)12-5-9(13)3-4-11(12)14/h3-5,8,10,15-16H,6-7H2,1-2H3. The molecule has 18 heavy (non-hydrogen) atoms. The smallest absolute Gasteiger partial charge is 0.0783 e. The molecule has 6 heteroatoms. The van der Waals surface area contributed by atoms with Crippen molar-refractivity contribution in [2.45, 2.75) is 30.9 Å². The van der Waals surface area contributed by atoms with Crippen LogP contribution in [0.1, 0.15) is 13.8 Å². The van der Waals surface area contributed by atoms with Gasteiger partial charge in [-0.05, 0) is 18.2 Å². The second-order valence-electron chi connectivity index (χ2n) is 4.30. The Morgan fingerprint density at radius 1 is 1.39 bits per heavy atom. The minimum absolute atomic E-state index is 0.139. The molecule has 0 aliphatic carbocycles. The number of hydrogen-bond acceptors (Lipinski definition) is 3. The van der Waals surface area contributed by atoms with Gasteiger partial charge in [0.1, 0.15) is 0 Å². The van der Waals surface area contributed by atoms with E-state index in [9.17, 15) is 9.32 Å². The van der Waals surface area contributed by atoms with E-state index in [1.807, 2.05) is 13.8 Å². The zero-order valence-electron chi connectivity index (χ0n) is 10.3. The van der Waals surface area contributed by atoms with E-state index in [4.69, 9.17) is 23.2 Å². The average molecular weight is 310 g/mol. The molecular weight excluding hydrogens is 293 g/mol. The summed E-state index contributed by atoms with van der Waals surface area (Å²) in [6.45, 7) is 4.37. The Morgan fingerprint density at radius 2 is 2.06 bits per heavy atom. The highest BCUT2D eigenvalue weighted by molar-refractivity contribution is 7.85. The van der Waals surface area contributed by atoms with E-state index in [2.05, 4.69) is 5.32 Å². The minimum Gasteiger partial charge on any atom is -0.391 e. The summed E-state index contributed by atoms with van der Waals surface area (Å²) in [4.78, 5) is 0.466. The van der Waals surface area contributed by atoms with Crippen LogP contribution in [0.15, 0.2) is 23.1 Å². The fourth-order valence-corrected chi connectivity index (χ4v) is 3.15. The van der Waals surface area contributed by atoms with Crippen LogP contribution >= 0.6 is 23.2 Å². The summed E-state index contributed by atoms with van der Waals surface area (Å²) in [5.74, 6) is 0.139. The van der Waals surface area contributed by atoms with Gasteiger partial charge in [-0.25, -0.2) is 0 Å². The molecule has 0 aromatic heterocycles. The molecule has 0 spiro atoms. The van der Waals surface area contributed by atoms with E-state index in [-0.39, 0.29) is 11.8 Å². The first-order chi connectivity index (χ1) is 8.40. The lowest BCUT2D eigenvalue weighted by atomic mass is 10.3. The Bertz CT molecular complexity index is 427. The lowest BCUT2D eigenvalue weighted by Crippen LogP contribution is -2.34. The van der Waals surface area contributed by atoms with Gasteiger partial charge in [0.25, 0.3) is 0 Å². The molecule has 0 bridgehead atoms. The van der Waals surface area contributed by atoms with Gasteiger partial charge in [0.2, 0.25) is 0 Å². The number of benzene rings is 1. The SMILES string of the molecule is CC(C)NCC(O)CS(=O)c1cc(Cl)ccc1Cl. The Balaban J connectivity index is 2.62. The number of nitrogens with one attached hydrogen (secondary N) is 1. The molecule has 0 amide bonds. The van der Waals surface area contributed by atoms with Gasteiger partial charge in [-0.3, -0.25) is 4.21 Å². The topological polar surface area (TPSA) is 49.3 Å². The van der Waals surface area contributed by atoms with E-state index in [1.165, 1.54) is 0 Å². The maximum absolute atomic E-state index is 12.1. The Labute approximate surface area is 120 Å². The molecule has 0 fully saturated rings. The molecule has 0 saturated carbocycles. The van der Waals surface area contributed by atoms with Crippen LogP contribution < -0.4 is 5.32 Å². The summed E-state index contributed by atoms with van der Waals surface area (Å²) in [6, 6.07) is 5.10. The van der Waals surface area contributed by atoms with Crippen molar-refractivity contribution in [1.29, 1.82) is 0 Å². The largest absolute Gasteiger partial charge is 0.391 e. The highest BCUT2D eigenvalue weighted by Crippen LogP contribution is 2.24. The van der Waals surface area contributed by atoms with Gasteiger partial charge in [0.05, 0.1) is 32.6 Å². The predicted octanol–water partition coefficient (Wildman–Crippen LogP) is 2.46. The van der Waals surface area contributed by atoms with Crippen LogP contribution in [0.2, 0.25) is 10.0 Å². The molecule has 0 saturated heterocycles. The molecule has 2 unspecified atom stereocenters. The van der Waals surface area contributed by atoms with Gasteiger partial charge < -0.3 is 10.4 Å². The second-order valence-corrected chi connectivity index (χ2v) is 6.61.